The summed E-state index contributed by atoms with van der Waals surface area (Å²) in [7, 11) is -4.39. The van der Waals surface area contributed by atoms with Crippen LogP contribution in [0.2, 0.25) is 0 Å². The van der Waals surface area contributed by atoms with Gasteiger partial charge in [-0.2, -0.15) is 13.5 Å². The Bertz CT molecular complexity index is 736. The standard InChI is InChI=1S/C11H9N3O5S/c15-11(9-3-1-2-6-12-9)14-13-7-8-4-5-10(19-8)20(16,17)18/h1-7H,(H,14,15)(H,16,17,18). The number of furan rings is 1. The summed E-state index contributed by atoms with van der Waals surface area (Å²) in [6.07, 6.45) is 2.55. The van der Waals surface area contributed by atoms with Crippen LogP contribution in [0, 0.1) is 0 Å². The minimum absolute atomic E-state index is 0.0546. The van der Waals surface area contributed by atoms with E-state index >= 15 is 0 Å². The summed E-state index contributed by atoms with van der Waals surface area (Å²) >= 11 is 0. The van der Waals surface area contributed by atoms with Crippen LogP contribution < -0.4 is 5.43 Å². The van der Waals surface area contributed by atoms with Crippen LogP contribution in [0.25, 0.3) is 0 Å². The first kappa shape index (κ1) is 13.9. The Morgan fingerprint density at radius 1 is 1.35 bits per heavy atom. The molecule has 0 spiro atoms. The fraction of sp³-hybridized carbons (Fsp3) is 0. The third kappa shape index (κ3) is 3.49. The van der Waals surface area contributed by atoms with Gasteiger partial charge in [0.25, 0.3) is 5.91 Å². The van der Waals surface area contributed by atoms with E-state index < -0.39 is 21.1 Å². The van der Waals surface area contributed by atoms with Crippen molar-refractivity contribution in [3.05, 3.63) is 48.0 Å². The first-order valence-electron chi connectivity index (χ1n) is 5.28. The molecule has 0 atom stereocenters. The van der Waals surface area contributed by atoms with E-state index in [-0.39, 0.29) is 11.5 Å². The molecule has 0 unspecified atom stereocenters. The van der Waals surface area contributed by atoms with Gasteiger partial charge in [0.1, 0.15) is 11.5 Å². The van der Waals surface area contributed by atoms with E-state index in [1.807, 2.05) is 0 Å². The molecule has 2 N–H and O–H groups in total. The highest BCUT2D eigenvalue weighted by molar-refractivity contribution is 7.85. The van der Waals surface area contributed by atoms with Crippen LogP contribution in [0.3, 0.4) is 0 Å². The number of amides is 1. The van der Waals surface area contributed by atoms with Gasteiger partial charge in [-0.3, -0.25) is 14.3 Å². The summed E-state index contributed by atoms with van der Waals surface area (Å²) in [5.74, 6) is -0.470. The van der Waals surface area contributed by atoms with Gasteiger partial charge in [0.2, 0.25) is 5.09 Å². The van der Waals surface area contributed by atoms with Crippen molar-refractivity contribution >= 4 is 22.2 Å². The van der Waals surface area contributed by atoms with Gasteiger partial charge < -0.3 is 4.42 Å². The van der Waals surface area contributed by atoms with Gasteiger partial charge in [0.05, 0.1) is 6.21 Å². The highest BCUT2D eigenvalue weighted by Crippen LogP contribution is 2.11. The molecule has 20 heavy (non-hydrogen) atoms. The van der Waals surface area contributed by atoms with Gasteiger partial charge >= 0.3 is 10.1 Å². The van der Waals surface area contributed by atoms with E-state index in [0.29, 0.717) is 0 Å². The molecule has 2 rings (SSSR count). The minimum atomic E-state index is -4.39. The zero-order chi connectivity index (χ0) is 14.6. The van der Waals surface area contributed by atoms with Crippen molar-refractivity contribution < 1.29 is 22.2 Å². The molecule has 0 saturated heterocycles. The minimum Gasteiger partial charge on any atom is -0.441 e. The number of hydrazone groups is 1. The van der Waals surface area contributed by atoms with Crippen LogP contribution in [-0.4, -0.2) is 30.1 Å². The van der Waals surface area contributed by atoms with E-state index in [9.17, 15) is 13.2 Å². The molecule has 8 nitrogen and oxygen atoms in total. The third-order valence-corrected chi connectivity index (χ3v) is 2.84. The Morgan fingerprint density at radius 2 is 2.15 bits per heavy atom. The number of rotatable bonds is 4. The predicted octanol–water partition coefficient (Wildman–Crippen LogP) is 0.685. The molecule has 2 aromatic heterocycles. The number of carbonyl (C=O) groups is 1. The van der Waals surface area contributed by atoms with Gasteiger partial charge in [-0.15, -0.1) is 0 Å². The van der Waals surface area contributed by atoms with Crippen LogP contribution in [0.5, 0.6) is 0 Å². The van der Waals surface area contributed by atoms with Crippen molar-refractivity contribution in [1.29, 1.82) is 0 Å². The van der Waals surface area contributed by atoms with Crippen molar-refractivity contribution in [3.8, 4) is 0 Å². The Labute approximate surface area is 113 Å². The average Bonchev–Trinajstić information content (AvgIpc) is 2.88. The molecule has 0 aromatic carbocycles. The van der Waals surface area contributed by atoms with E-state index in [2.05, 4.69) is 15.5 Å². The summed E-state index contributed by atoms with van der Waals surface area (Å²) in [6, 6.07) is 7.17. The van der Waals surface area contributed by atoms with E-state index in [0.717, 1.165) is 12.3 Å². The molecule has 0 fully saturated rings. The monoisotopic (exact) mass is 295 g/mol. The Morgan fingerprint density at radius 3 is 2.75 bits per heavy atom. The van der Waals surface area contributed by atoms with Crippen LogP contribution in [0.1, 0.15) is 16.2 Å². The fourth-order valence-electron chi connectivity index (χ4n) is 1.25. The van der Waals surface area contributed by atoms with Gasteiger partial charge in [-0.05, 0) is 24.3 Å². The van der Waals surface area contributed by atoms with Crippen molar-refractivity contribution in [3.63, 3.8) is 0 Å². The van der Waals surface area contributed by atoms with Gasteiger partial charge in [-0.25, -0.2) is 5.43 Å². The molecule has 0 aliphatic rings. The predicted molar refractivity (Wildman–Crippen MR) is 67.8 cm³/mol. The second-order valence-electron chi connectivity index (χ2n) is 3.55. The fourth-order valence-corrected chi connectivity index (χ4v) is 1.69. The van der Waals surface area contributed by atoms with Crippen molar-refractivity contribution in [2.75, 3.05) is 0 Å². The Hall–Kier alpha value is -2.52. The Balaban J connectivity index is 2.01. The lowest BCUT2D eigenvalue weighted by molar-refractivity contribution is 0.0950. The second kappa shape index (κ2) is 5.63. The highest BCUT2D eigenvalue weighted by Gasteiger charge is 2.14. The summed E-state index contributed by atoms with van der Waals surface area (Å²) in [5.41, 5.74) is 2.37. The molecule has 0 saturated carbocycles. The lowest BCUT2D eigenvalue weighted by Crippen LogP contribution is -2.18. The summed E-state index contributed by atoms with van der Waals surface area (Å²) < 4.78 is 35.0. The zero-order valence-electron chi connectivity index (χ0n) is 9.92. The smallest absolute Gasteiger partial charge is 0.328 e. The topological polar surface area (TPSA) is 122 Å². The molecule has 1 amide bonds. The van der Waals surface area contributed by atoms with Crippen LogP contribution in [0.15, 0.2) is 51.1 Å². The summed E-state index contributed by atoms with van der Waals surface area (Å²) in [6.45, 7) is 0. The maximum atomic E-state index is 11.5. The van der Waals surface area contributed by atoms with E-state index in [4.69, 9.17) is 8.97 Å². The first-order chi connectivity index (χ1) is 9.47. The number of hydrogen-bond acceptors (Lipinski definition) is 6. The maximum Gasteiger partial charge on any atom is 0.328 e. The molecule has 9 heteroatoms. The van der Waals surface area contributed by atoms with Gasteiger partial charge in [0, 0.05) is 6.20 Å². The van der Waals surface area contributed by atoms with Crippen LogP contribution in [-0.2, 0) is 10.1 Å². The van der Waals surface area contributed by atoms with Crippen molar-refractivity contribution in [1.82, 2.24) is 10.4 Å². The zero-order valence-corrected chi connectivity index (χ0v) is 10.7. The van der Waals surface area contributed by atoms with Gasteiger partial charge in [-0.1, -0.05) is 6.07 Å². The lowest BCUT2D eigenvalue weighted by Gasteiger charge is -1.96. The second-order valence-corrected chi connectivity index (χ2v) is 4.90. The van der Waals surface area contributed by atoms with Crippen molar-refractivity contribution in [2.24, 2.45) is 5.10 Å². The quantitative estimate of drug-likeness (QED) is 0.486. The third-order valence-electron chi connectivity index (χ3n) is 2.11. The first-order valence-corrected chi connectivity index (χ1v) is 6.72. The average molecular weight is 295 g/mol. The molecular weight excluding hydrogens is 286 g/mol. The number of carbonyl (C=O) groups excluding carboxylic acids is 1. The number of aromatic nitrogens is 1. The van der Waals surface area contributed by atoms with Gasteiger partial charge in [0.15, 0.2) is 0 Å². The van der Waals surface area contributed by atoms with Crippen LogP contribution >= 0.6 is 0 Å². The summed E-state index contributed by atoms with van der Waals surface area (Å²) in [5, 5.41) is 2.98. The summed E-state index contributed by atoms with van der Waals surface area (Å²) in [4.78, 5) is 15.4. The SMILES string of the molecule is O=C(NN=Cc1ccc(S(=O)(=O)O)o1)c1ccccn1. The van der Waals surface area contributed by atoms with Crippen molar-refractivity contribution in [2.45, 2.75) is 5.09 Å². The number of nitrogens with one attached hydrogen (secondary N) is 1. The number of hydrogen-bond donors (Lipinski definition) is 2. The van der Waals surface area contributed by atoms with Crippen LogP contribution in [0.4, 0.5) is 0 Å². The highest BCUT2D eigenvalue weighted by atomic mass is 32.2. The molecule has 0 aliphatic heterocycles. The normalized spacial score (nSPS) is 11.7. The Kier molecular flexibility index (Phi) is 3.91. The van der Waals surface area contributed by atoms with E-state index in [1.165, 1.54) is 18.3 Å². The molecular formula is C11H9N3O5S. The molecule has 2 heterocycles. The largest absolute Gasteiger partial charge is 0.441 e. The molecule has 104 valence electrons. The molecule has 0 aliphatic carbocycles. The molecule has 2 aromatic rings. The lowest BCUT2D eigenvalue weighted by atomic mass is 10.3. The number of nitrogens with zero attached hydrogens (tertiary/aromatic N) is 2. The van der Waals surface area contributed by atoms with E-state index in [1.54, 1.807) is 12.1 Å². The molecule has 0 radical (unpaired) electrons. The molecule has 0 bridgehead atoms. The maximum absolute atomic E-state index is 11.5. The number of pyridine rings is 1.